The number of nitrogens with one attached hydrogen (secondary N) is 2. The second-order valence-electron chi connectivity index (χ2n) is 6.90. The zero-order valence-corrected chi connectivity index (χ0v) is 15.3. The van der Waals surface area contributed by atoms with Crippen molar-refractivity contribution >= 4 is 11.8 Å². The first-order valence-corrected chi connectivity index (χ1v) is 9.38. The van der Waals surface area contributed by atoms with Crippen LogP contribution in [0.3, 0.4) is 0 Å². The number of carbonyl (C=O) groups is 2. The average Bonchev–Trinajstić information content (AvgIpc) is 2.68. The van der Waals surface area contributed by atoms with Crippen LogP contribution in [0.4, 0.5) is 0 Å². The van der Waals surface area contributed by atoms with Crippen LogP contribution in [-0.4, -0.2) is 18.4 Å². The van der Waals surface area contributed by atoms with Crippen LogP contribution >= 0.6 is 0 Å². The molecule has 0 heterocycles. The van der Waals surface area contributed by atoms with Crippen molar-refractivity contribution in [3.63, 3.8) is 0 Å². The van der Waals surface area contributed by atoms with Crippen molar-refractivity contribution in [2.24, 2.45) is 0 Å². The van der Waals surface area contributed by atoms with Crippen LogP contribution in [0.1, 0.15) is 59.3 Å². The van der Waals surface area contributed by atoms with Crippen LogP contribution in [-0.2, 0) is 17.6 Å². The Morgan fingerprint density at radius 3 is 2.50 bits per heavy atom. The molecule has 0 saturated heterocycles. The lowest BCUT2D eigenvalue weighted by molar-refractivity contribution is -0.121. The summed E-state index contributed by atoms with van der Waals surface area (Å²) >= 11 is 0. The normalized spacial score (nSPS) is 14.2. The number of hydrogen-bond acceptors (Lipinski definition) is 2. The Morgan fingerprint density at radius 2 is 1.73 bits per heavy atom. The van der Waals surface area contributed by atoms with E-state index in [1.54, 1.807) is 12.1 Å². The van der Waals surface area contributed by atoms with Gasteiger partial charge in [0.15, 0.2) is 0 Å². The Balaban J connectivity index is 1.46. The maximum atomic E-state index is 12.2. The predicted molar refractivity (Wildman–Crippen MR) is 103 cm³/mol. The lowest BCUT2D eigenvalue weighted by atomic mass is 9.89. The molecule has 0 bridgehead atoms. The molecule has 1 atom stereocenters. The molecule has 2 aromatic carbocycles. The highest BCUT2D eigenvalue weighted by molar-refractivity contribution is 5.94. The van der Waals surface area contributed by atoms with Gasteiger partial charge in [-0.2, -0.15) is 0 Å². The zero-order valence-electron chi connectivity index (χ0n) is 15.3. The van der Waals surface area contributed by atoms with Crippen LogP contribution in [0.2, 0.25) is 0 Å². The van der Waals surface area contributed by atoms with Crippen LogP contribution in [0.25, 0.3) is 0 Å². The van der Waals surface area contributed by atoms with Crippen LogP contribution in [0.5, 0.6) is 0 Å². The van der Waals surface area contributed by atoms with E-state index in [-0.39, 0.29) is 24.3 Å². The van der Waals surface area contributed by atoms with Crippen LogP contribution < -0.4 is 10.6 Å². The lowest BCUT2D eigenvalue weighted by Crippen LogP contribution is -2.32. The molecule has 0 aromatic heterocycles. The molecule has 2 aromatic rings. The van der Waals surface area contributed by atoms with Crippen molar-refractivity contribution in [1.29, 1.82) is 0 Å². The number of hydrogen-bond donors (Lipinski definition) is 2. The Hall–Kier alpha value is -2.62. The Kier molecular flexibility index (Phi) is 6.05. The first-order chi connectivity index (χ1) is 12.6. The van der Waals surface area contributed by atoms with Gasteiger partial charge in [0.05, 0.1) is 6.04 Å². The first-order valence-electron chi connectivity index (χ1n) is 9.38. The summed E-state index contributed by atoms with van der Waals surface area (Å²) in [6.45, 7) is 2.33. The van der Waals surface area contributed by atoms with Crippen molar-refractivity contribution in [2.45, 2.75) is 45.1 Å². The van der Waals surface area contributed by atoms with Gasteiger partial charge >= 0.3 is 0 Å². The molecule has 1 unspecified atom stereocenters. The van der Waals surface area contributed by atoms with E-state index in [1.807, 2.05) is 25.1 Å². The van der Waals surface area contributed by atoms with E-state index in [0.717, 1.165) is 18.4 Å². The predicted octanol–water partition coefficient (Wildman–Crippen LogP) is 3.56. The molecular formula is C22H26N2O2. The van der Waals surface area contributed by atoms with Gasteiger partial charge in [-0.3, -0.25) is 9.59 Å². The second kappa shape index (κ2) is 8.65. The lowest BCUT2D eigenvalue weighted by Gasteiger charge is -2.20. The summed E-state index contributed by atoms with van der Waals surface area (Å²) in [7, 11) is 0. The maximum Gasteiger partial charge on any atom is 0.251 e. The number of benzene rings is 2. The SMILES string of the molecule is CC(NC(=O)CCNC(=O)c1ccccc1)c1ccc2c(c1)CCCC2. The molecule has 0 spiro atoms. The molecule has 0 saturated carbocycles. The van der Waals surface area contributed by atoms with Gasteiger partial charge in [0.2, 0.25) is 5.91 Å². The smallest absolute Gasteiger partial charge is 0.251 e. The highest BCUT2D eigenvalue weighted by Gasteiger charge is 2.14. The largest absolute Gasteiger partial charge is 0.352 e. The molecule has 136 valence electrons. The fourth-order valence-electron chi connectivity index (χ4n) is 3.40. The third-order valence-electron chi connectivity index (χ3n) is 4.92. The topological polar surface area (TPSA) is 58.2 Å². The molecule has 26 heavy (non-hydrogen) atoms. The van der Waals surface area contributed by atoms with Crippen LogP contribution in [0, 0.1) is 0 Å². The summed E-state index contributed by atoms with van der Waals surface area (Å²) in [5.74, 6) is -0.204. The number of carbonyl (C=O) groups excluding carboxylic acids is 2. The van der Waals surface area contributed by atoms with Gasteiger partial charge in [0.1, 0.15) is 0 Å². The Morgan fingerprint density at radius 1 is 1.00 bits per heavy atom. The van der Waals surface area contributed by atoms with Crippen molar-refractivity contribution in [3.8, 4) is 0 Å². The fourth-order valence-corrected chi connectivity index (χ4v) is 3.40. The standard InChI is InChI=1S/C22H26N2O2/c1-16(19-12-11-17-7-5-6-10-20(17)15-19)24-21(25)13-14-23-22(26)18-8-3-2-4-9-18/h2-4,8-9,11-12,15-16H,5-7,10,13-14H2,1H3,(H,23,26)(H,24,25). The van der Waals surface area contributed by atoms with Crippen LogP contribution in [0.15, 0.2) is 48.5 Å². The highest BCUT2D eigenvalue weighted by atomic mass is 16.2. The number of amides is 2. The number of rotatable bonds is 6. The van der Waals surface area contributed by atoms with E-state index in [0.29, 0.717) is 12.1 Å². The van der Waals surface area contributed by atoms with Gasteiger partial charge in [-0.1, -0.05) is 36.4 Å². The molecule has 0 radical (unpaired) electrons. The molecule has 4 heteroatoms. The number of fused-ring (bicyclic) bond motifs is 1. The molecule has 0 aliphatic heterocycles. The number of aryl methyl sites for hydroxylation is 2. The molecule has 1 aliphatic carbocycles. The highest BCUT2D eigenvalue weighted by Crippen LogP contribution is 2.24. The quantitative estimate of drug-likeness (QED) is 0.837. The van der Waals surface area contributed by atoms with Crippen molar-refractivity contribution in [3.05, 3.63) is 70.8 Å². The summed E-state index contributed by atoms with van der Waals surface area (Å²) in [4.78, 5) is 24.1. The van der Waals surface area contributed by atoms with Gasteiger partial charge in [-0.15, -0.1) is 0 Å². The molecule has 0 fully saturated rings. The van der Waals surface area contributed by atoms with Gasteiger partial charge in [0, 0.05) is 18.5 Å². The van der Waals surface area contributed by atoms with E-state index in [2.05, 4.69) is 28.8 Å². The monoisotopic (exact) mass is 350 g/mol. The summed E-state index contributed by atoms with van der Waals surface area (Å²) < 4.78 is 0. The average molecular weight is 350 g/mol. The fraction of sp³-hybridized carbons (Fsp3) is 0.364. The molecule has 1 aliphatic rings. The summed E-state index contributed by atoms with van der Waals surface area (Å²) in [5.41, 5.74) is 4.62. The Labute approximate surface area is 155 Å². The molecule has 3 rings (SSSR count). The van der Waals surface area contributed by atoms with E-state index < -0.39 is 0 Å². The summed E-state index contributed by atoms with van der Waals surface area (Å²) in [5, 5.41) is 5.81. The van der Waals surface area contributed by atoms with E-state index in [1.165, 1.54) is 24.0 Å². The maximum absolute atomic E-state index is 12.2. The summed E-state index contributed by atoms with van der Waals surface area (Å²) in [6, 6.07) is 15.5. The molecule has 2 N–H and O–H groups in total. The minimum atomic E-state index is -0.152. The summed E-state index contributed by atoms with van der Waals surface area (Å²) in [6.07, 6.45) is 5.09. The van der Waals surface area contributed by atoms with Gasteiger partial charge in [0.25, 0.3) is 5.91 Å². The first kappa shape index (κ1) is 18.2. The van der Waals surface area contributed by atoms with Crippen molar-refractivity contribution < 1.29 is 9.59 Å². The van der Waals surface area contributed by atoms with Gasteiger partial charge in [-0.05, 0) is 61.4 Å². The third-order valence-corrected chi connectivity index (χ3v) is 4.92. The van der Waals surface area contributed by atoms with E-state index >= 15 is 0 Å². The Bertz CT molecular complexity index is 771. The third kappa shape index (κ3) is 4.72. The minimum Gasteiger partial charge on any atom is -0.352 e. The van der Waals surface area contributed by atoms with Crippen molar-refractivity contribution in [1.82, 2.24) is 10.6 Å². The molecule has 4 nitrogen and oxygen atoms in total. The van der Waals surface area contributed by atoms with E-state index in [4.69, 9.17) is 0 Å². The second-order valence-corrected chi connectivity index (χ2v) is 6.90. The molecule has 2 amide bonds. The minimum absolute atomic E-state index is 0.0282. The van der Waals surface area contributed by atoms with E-state index in [9.17, 15) is 9.59 Å². The molecular weight excluding hydrogens is 324 g/mol. The van der Waals surface area contributed by atoms with Crippen molar-refractivity contribution in [2.75, 3.05) is 6.54 Å². The zero-order chi connectivity index (χ0) is 18.4. The van der Waals surface area contributed by atoms with Gasteiger partial charge in [-0.25, -0.2) is 0 Å². The van der Waals surface area contributed by atoms with Gasteiger partial charge < -0.3 is 10.6 Å².